The zero-order chi connectivity index (χ0) is 14.5. The highest BCUT2D eigenvalue weighted by Crippen LogP contribution is 2.26. The molecule has 0 aromatic rings. The first-order chi connectivity index (χ1) is 8.89. The summed E-state index contributed by atoms with van der Waals surface area (Å²) in [5.74, 6) is -0.905. The maximum absolute atomic E-state index is 11.8. The van der Waals surface area contributed by atoms with Gasteiger partial charge in [0.25, 0.3) is 0 Å². The molecule has 0 bridgehead atoms. The third kappa shape index (κ3) is 4.49. The number of carbonyl (C=O) groups excluding carboxylic acids is 1. The molecule has 1 fully saturated rings. The summed E-state index contributed by atoms with van der Waals surface area (Å²) in [6.45, 7) is 5.32. The number of rotatable bonds is 6. The number of carbonyl (C=O) groups is 2. The molecule has 0 aliphatic heterocycles. The van der Waals surface area contributed by atoms with E-state index in [4.69, 9.17) is 9.84 Å². The quantitative estimate of drug-likeness (QED) is 0.774. The van der Waals surface area contributed by atoms with Crippen molar-refractivity contribution in [2.75, 3.05) is 6.61 Å². The molecule has 3 unspecified atom stereocenters. The summed E-state index contributed by atoms with van der Waals surface area (Å²) < 4.78 is 5.62. The molecule has 110 valence electrons. The monoisotopic (exact) mass is 271 g/mol. The Bertz CT molecular complexity index is 331. The van der Waals surface area contributed by atoms with Gasteiger partial charge in [-0.25, -0.2) is 4.79 Å². The van der Waals surface area contributed by atoms with Gasteiger partial charge in [-0.05, 0) is 32.1 Å². The number of carboxylic acid groups (broad SMARTS) is 1. The van der Waals surface area contributed by atoms with Crippen molar-refractivity contribution in [2.24, 2.45) is 5.92 Å². The van der Waals surface area contributed by atoms with E-state index in [9.17, 15) is 9.59 Å². The molecule has 5 nitrogen and oxygen atoms in total. The number of amides is 1. The minimum Gasteiger partial charge on any atom is -0.480 e. The van der Waals surface area contributed by atoms with Crippen molar-refractivity contribution in [2.45, 2.75) is 64.5 Å². The van der Waals surface area contributed by atoms with E-state index in [-0.39, 0.29) is 18.6 Å². The highest BCUT2D eigenvalue weighted by Gasteiger charge is 2.33. The second-order valence-electron chi connectivity index (χ2n) is 5.65. The Labute approximate surface area is 114 Å². The molecule has 0 aromatic carbocycles. The van der Waals surface area contributed by atoms with Crippen LogP contribution >= 0.6 is 0 Å². The highest BCUT2D eigenvalue weighted by molar-refractivity contribution is 5.87. The third-order valence-corrected chi connectivity index (χ3v) is 4.06. The molecule has 5 heteroatoms. The first-order valence-corrected chi connectivity index (χ1v) is 7.05. The minimum atomic E-state index is -1.21. The van der Waals surface area contributed by atoms with Crippen molar-refractivity contribution in [3.63, 3.8) is 0 Å². The predicted molar refractivity (Wildman–Crippen MR) is 71.8 cm³/mol. The van der Waals surface area contributed by atoms with Crippen molar-refractivity contribution >= 4 is 11.9 Å². The van der Waals surface area contributed by atoms with E-state index < -0.39 is 11.5 Å². The third-order valence-electron chi connectivity index (χ3n) is 4.06. The first-order valence-electron chi connectivity index (χ1n) is 7.05. The van der Waals surface area contributed by atoms with E-state index in [1.165, 1.54) is 13.3 Å². The SMILES string of the molecule is CCC(C)(NC(=O)COC1CCCCC1C)C(=O)O. The molecular formula is C14H25NO4. The largest absolute Gasteiger partial charge is 0.480 e. The molecule has 1 saturated carbocycles. The van der Waals surface area contributed by atoms with Crippen LogP contribution in [0.15, 0.2) is 0 Å². The zero-order valence-corrected chi connectivity index (χ0v) is 12.1. The van der Waals surface area contributed by atoms with Crippen LogP contribution in [0.2, 0.25) is 0 Å². The lowest BCUT2D eigenvalue weighted by Gasteiger charge is -2.29. The van der Waals surface area contributed by atoms with Crippen LogP contribution in [-0.2, 0) is 14.3 Å². The van der Waals surface area contributed by atoms with Crippen LogP contribution in [0.4, 0.5) is 0 Å². The van der Waals surface area contributed by atoms with Gasteiger partial charge in [-0.1, -0.05) is 26.7 Å². The minimum absolute atomic E-state index is 0.0577. The van der Waals surface area contributed by atoms with E-state index in [1.54, 1.807) is 6.92 Å². The Morgan fingerprint density at radius 2 is 2.00 bits per heavy atom. The first kappa shape index (κ1) is 16.0. The molecule has 0 heterocycles. The molecular weight excluding hydrogens is 246 g/mol. The summed E-state index contributed by atoms with van der Waals surface area (Å²) in [5, 5.41) is 11.6. The summed E-state index contributed by atoms with van der Waals surface area (Å²) in [6.07, 6.45) is 4.94. The van der Waals surface area contributed by atoms with Gasteiger partial charge in [0.05, 0.1) is 6.10 Å². The molecule has 2 N–H and O–H groups in total. The standard InChI is InChI=1S/C14H25NO4/c1-4-14(3,13(17)18)15-12(16)9-19-11-8-6-5-7-10(11)2/h10-11H,4-9H2,1-3H3,(H,15,16)(H,17,18). The molecule has 0 aromatic heterocycles. The maximum Gasteiger partial charge on any atom is 0.329 e. The van der Waals surface area contributed by atoms with Crippen molar-refractivity contribution in [3.05, 3.63) is 0 Å². The van der Waals surface area contributed by atoms with Crippen molar-refractivity contribution in [3.8, 4) is 0 Å². The van der Waals surface area contributed by atoms with Crippen LogP contribution < -0.4 is 5.32 Å². The second kappa shape index (κ2) is 6.89. The lowest BCUT2D eigenvalue weighted by Crippen LogP contribution is -2.53. The van der Waals surface area contributed by atoms with Crippen molar-refractivity contribution < 1.29 is 19.4 Å². The lowest BCUT2D eigenvalue weighted by molar-refractivity contribution is -0.148. The molecule has 1 rings (SSSR count). The molecule has 0 saturated heterocycles. The number of aliphatic carboxylic acids is 1. The van der Waals surface area contributed by atoms with Gasteiger partial charge in [0, 0.05) is 0 Å². The fraction of sp³-hybridized carbons (Fsp3) is 0.857. The molecule has 1 amide bonds. The molecule has 1 aliphatic rings. The Hall–Kier alpha value is -1.10. The zero-order valence-electron chi connectivity index (χ0n) is 12.1. The molecule has 1 aliphatic carbocycles. The number of nitrogens with one attached hydrogen (secondary N) is 1. The summed E-state index contributed by atoms with van der Waals surface area (Å²) in [7, 11) is 0. The number of ether oxygens (including phenoxy) is 1. The van der Waals surface area contributed by atoms with Gasteiger partial charge in [0.15, 0.2) is 0 Å². The molecule has 3 atom stereocenters. The molecule has 0 radical (unpaired) electrons. The summed E-state index contributed by atoms with van der Waals surface area (Å²) in [5.41, 5.74) is -1.21. The molecule has 0 spiro atoms. The van der Waals surface area contributed by atoms with Crippen molar-refractivity contribution in [1.29, 1.82) is 0 Å². The van der Waals surface area contributed by atoms with Crippen LogP contribution in [0.5, 0.6) is 0 Å². The van der Waals surface area contributed by atoms with Crippen LogP contribution in [0.3, 0.4) is 0 Å². The van der Waals surface area contributed by atoms with Crippen LogP contribution in [-0.4, -0.2) is 35.2 Å². The van der Waals surface area contributed by atoms with E-state index in [0.29, 0.717) is 12.3 Å². The Morgan fingerprint density at radius 1 is 1.37 bits per heavy atom. The fourth-order valence-corrected chi connectivity index (χ4v) is 2.35. The lowest BCUT2D eigenvalue weighted by atomic mass is 9.88. The number of hydrogen-bond acceptors (Lipinski definition) is 3. The smallest absolute Gasteiger partial charge is 0.329 e. The predicted octanol–water partition coefficient (Wildman–Crippen LogP) is 1.95. The van der Waals surface area contributed by atoms with E-state index in [0.717, 1.165) is 19.3 Å². The van der Waals surface area contributed by atoms with Gasteiger partial charge < -0.3 is 15.2 Å². The second-order valence-corrected chi connectivity index (χ2v) is 5.65. The maximum atomic E-state index is 11.8. The topological polar surface area (TPSA) is 75.6 Å². The van der Waals surface area contributed by atoms with Gasteiger partial charge in [-0.3, -0.25) is 4.79 Å². The van der Waals surface area contributed by atoms with Gasteiger partial charge in [0.2, 0.25) is 5.91 Å². The van der Waals surface area contributed by atoms with Gasteiger partial charge >= 0.3 is 5.97 Å². The summed E-state index contributed by atoms with van der Waals surface area (Å²) in [6, 6.07) is 0. The highest BCUT2D eigenvalue weighted by atomic mass is 16.5. The van der Waals surface area contributed by atoms with E-state index in [1.807, 2.05) is 0 Å². The van der Waals surface area contributed by atoms with E-state index in [2.05, 4.69) is 12.2 Å². The average Bonchev–Trinajstić information content (AvgIpc) is 2.37. The van der Waals surface area contributed by atoms with Gasteiger partial charge in [0.1, 0.15) is 12.1 Å². The van der Waals surface area contributed by atoms with Crippen molar-refractivity contribution in [1.82, 2.24) is 5.32 Å². The Morgan fingerprint density at radius 3 is 2.53 bits per heavy atom. The average molecular weight is 271 g/mol. The number of hydrogen-bond donors (Lipinski definition) is 2. The Kier molecular flexibility index (Phi) is 5.79. The normalized spacial score (nSPS) is 26.5. The van der Waals surface area contributed by atoms with E-state index >= 15 is 0 Å². The Balaban J connectivity index is 2.40. The summed E-state index contributed by atoms with van der Waals surface area (Å²) in [4.78, 5) is 22.9. The molecule has 19 heavy (non-hydrogen) atoms. The van der Waals surface area contributed by atoms with Crippen LogP contribution in [0.1, 0.15) is 52.9 Å². The fourth-order valence-electron chi connectivity index (χ4n) is 2.35. The van der Waals surface area contributed by atoms with Gasteiger partial charge in [-0.2, -0.15) is 0 Å². The van der Waals surface area contributed by atoms with Gasteiger partial charge in [-0.15, -0.1) is 0 Å². The summed E-state index contributed by atoms with van der Waals surface area (Å²) >= 11 is 0. The van der Waals surface area contributed by atoms with Crippen LogP contribution in [0.25, 0.3) is 0 Å². The van der Waals surface area contributed by atoms with Crippen LogP contribution in [0, 0.1) is 5.92 Å². The number of carboxylic acids is 1.